The third kappa shape index (κ3) is 4.29. The van der Waals surface area contributed by atoms with E-state index in [0.717, 1.165) is 5.56 Å². The molecule has 3 aromatic heterocycles. The van der Waals surface area contributed by atoms with E-state index < -0.39 is 22.5 Å². The van der Waals surface area contributed by atoms with E-state index in [-0.39, 0.29) is 17.4 Å². The maximum absolute atomic E-state index is 11.9. The minimum absolute atomic E-state index is 0.0416. The predicted octanol–water partition coefficient (Wildman–Crippen LogP) is 0.553. The van der Waals surface area contributed by atoms with Crippen LogP contribution in [-0.4, -0.2) is 40.9 Å². The van der Waals surface area contributed by atoms with Crippen LogP contribution in [0.5, 0.6) is 0 Å². The third-order valence-corrected chi connectivity index (χ3v) is 5.04. The summed E-state index contributed by atoms with van der Waals surface area (Å²) in [6.07, 6.45) is 2.50. The summed E-state index contributed by atoms with van der Waals surface area (Å²) in [5, 5.41) is 11.3. The number of carbonyl (C=O) groups is 1. The van der Waals surface area contributed by atoms with Gasteiger partial charge in [0.15, 0.2) is 6.61 Å². The van der Waals surface area contributed by atoms with E-state index in [1.54, 1.807) is 7.05 Å². The topological polar surface area (TPSA) is 129 Å². The Morgan fingerprint density at radius 1 is 1.48 bits per heavy atom. The van der Waals surface area contributed by atoms with Crippen molar-refractivity contribution in [1.82, 2.24) is 24.6 Å². The van der Waals surface area contributed by atoms with Gasteiger partial charge in [0.25, 0.3) is 5.89 Å². The molecule has 0 saturated heterocycles. The molecule has 0 radical (unpaired) electrons. The third-order valence-electron chi connectivity index (χ3n) is 3.00. The quantitative estimate of drug-likeness (QED) is 0.586. The van der Waals surface area contributed by atoms with Crippen LogP contribution in [0.4, 0.5) is 0 Å². The number of rotatable bonds is 7. The van der Waals surface area contributed by atoms with Crippen molar-refractivity contribution in [3.63, 3.8) is 0 Å². The van der Waals surface area contributed by atoms with E-state index in [2.05, 4.69) is 20.0 Å². The van der Waals surface area contributed by atoms with Gasteiger partial charge in [0.05, 0.1) is 6.20 Å². The van der Waals surface area contributed by atoms with Gasteiger partial charge in [0.2, 0.25) is 15.8 Å². The summed E-state index contributed by atoms with van der Waals surface area (Å²) < 4.78 is 37.3. The first-order valence-corrected chi connectivity index (χ1v) is 9.36. The number of nitrogens with one attached hydrogen (secondary N) is 1. The fourth-order valence-corrected chi connectivity index (χ4v) is 3.38. The van der Waals surface area contributed by atoms with Crippen molar-refractivity contribution in [3.05, 3.63) is 35.1 Å². The Balaban J connectivity index is 1.50. The molecule has 0 aliphatic carbocycles. The van der Waals surface area contributed by atoms with Crippen molar-refractivity contribution >= 4 is 27.3 Å². The molecule has 0 aliphatic rings. The van der Waals surface area contributed by atoms with Gasteiger partial charge in [-0.1, -0.05) is 5.16 Å². The summed E-state index contributed by atoms with van der Waals surface area (Å²) in [6, 6.07) is 1.83. The van der Waals surface area contributed by atoms with E-state index >= 15 is 0 Å². The van der Waals surface area contributed by atoms with E-state index in [1.807, 2.05) is 16.8 Å². The summed E-state index contributed by atoms with van der Waals surface area (Å²) >= 11 is 1.49. The molecule has 0 atom stereocenters. The standard InChI is InChI=1S/C13H13N5O5S2/c1-18-6-10(4-14-18)25(20,21)15-5-12(19)22-7-11-16-13(17-23-11)9-2-3-24-8-9/h2-4,6,8,15H,5,7H2,1H3. The van der Waals surface area contributed by atoms with Gasteiger partial charge in [-0.3, -0.25) is 9.48 Å². The van der Waals surface area contributed by atoms with Crippen molar-refractivity contribution < 1.29 is 22.5 Å². The number of nitrogens with zero attached hydrogens (tertiary/aromatic N) is 4. The lowest BCUT2D eigenvalue weighted by Gasteiger charge is -2.04. The molecule has 25 heavy (non-hydrogen) atoms. The van der Waals surface area contributed by atoms with Crippen LogP contribution in [0.3, 0.4) is 0 Å². The molecule has 0 saturated carbocycles. The molecule has 3 heterocycles. The Morgan fingerprint density at radius 2 is 2.32 bits per heavy atom. The number of carbonyl (C=O) groups excluding carboxylic acids is 1. The van der Waals surface area contributed by atoms with Gasteiger partial charge >= 0.3 is 5.97 Å². The summed E-state index contributed by atoms with van der Waals surface area (Å²) in [7, 11) is -2.24. The van der Waals surface area contributed by atoms with Gasteiger partial charge in [-0.25, -0.2) is 8.42 Å². The largest absolute Gasteiger partial charge is 0.455 e. The maximum atomic E-state index is 11.9. The highest BCUT2D eigenvalue weighted by atomic mass is 32.2. The number of hydrogen-bond acceptors (Lipinski definition) is 9. The molecule has 0 fully saturated rings. The Hall–Kier alpha value is -2.57. The Bertz CT molecular complexity index is 961. The maximum Gasteiger partial charge on any atom is 0.321 e. The van der Waals surface area contributed by atoms with Gasteiger partial charge < -0.3 is 9.26 Å². The number of hydrogen-bond donors (Lipinski definition) is 1. The predicted molar refractivity (Wildman–Crippen MR) is 85.8 cm³/mol. The van der Waals surface area contributed by atoms with Crippen LogP contribution < -0.4 is 4.72 Å². The van der Waals surface area contributed by atoms with Gasteiger partial charge in [0, 0.05) is 24.2 Å². The lowest BCUT2D eigenvalue weighted by atomic mass is 10.3. The Labute approximate surface area is 146 Å². The van der Waals surface area contributed by atoms with Crippen LogP contribution in [0.1, 0.15) is 5.89 Å². The molecule has 10 nitrogen and oxygen atoms in total. The van der Waals surface area contributed by atoms with Crippen molar-refractivity contribution in [2.75, 3.05) is 6.54 Å². The minimum atomic E-state index is -3.83. The minimum Gasteiger partial charge on any atom is -0.455 e. The molecule has 0 bridgehead atoms. The van der Waals surface area contributed by atoms with Crippen LogP contribution in [-0.2, 0) is 33.2 Å². The van der Waals surface area contributed by atoms with Crippen LogP contribution >= 0.6 is 11.3 Å². The van der Waals surface area contributed by atoms with Crippen LogP contribution in [0.25, 0.3) is 11.4 Å². The molecule has 1 N–H and O–H groups in total. The molecule has 0 aromatic carbocycles. The second kappa shape index (κ2) is 7.13. The van der Waals surface area contributed by atoms with Gasteiger partial charge in [0.1, 0.15) is 11.4 Å². The monoisotopic (exact) mass is 383 g/mol. The first-order chi connectivity index (χ1) is 11.9. The average molecular weight is 383 g/mol. The average Bonchev–Trinajstić information content (AvgIpc) is 3.31. The summed E-state index contributed by atoms with van der Waals surface area (Å²) in [6.45, 7) is -0.770. The molecule has 0 spiro atoms. The summed E-state index contributed by atoms with van der Waals surface area (Å²) in [5.41, 5.74) is 0.801. The molecule has 0 unspecified atom stereocenters. The van der Waals surface area contributed by atoms with Crippen molar-refractivity contribution in [2.24, 2.45) is 7.05 Å². The lowest BCUT2D eigenvalue weighted by Crippen LogP contribution is -2.30. The summed E-state index contributed by atoms with van der Waals surface area (Å²) in [5.74, 6) is -0.267. The zero-order valence-electron chi connectivity index (χ0n) is 12.9. The van der Waals surface area contributed by atoms with E-state index in [9.17, 15) is 13.2 Å². The van der Waals surface area contributed by atoms with Crippen LogP contribution in [0, 0.1) is 0 Å². The molecule has 0 amide bonds. The second-order valence-electron chi connectivity index (χ2n) is 4.86. The second-order valence-corrected chi connectivity index (χ2v) is 7.41. The smallest absolute Gasteiger partial charge is 0.321 e. The highest BCUT2D eigenvalue weighted by Gasteiger charge is 2.18. The molecule has 132 valence electrons. The van der Waals surface area contributed by atoms with E-state index in [0.29, 0.717) is 5.82 Å². The normalized spacial score (nSPS) is 11.6. The van der Waals surface area contributed by atoms with Crippen LogP contribution in [0.15, 0.2) is 38.6 Å². The highest BCUT2D eigenvalue weighted by Crippen LogP contribution is 2.18. The highest BCUT2D eigenvalue weighted by molar-refractivity contribution is 7.89. The number of ether oxygens (including phenoxy) is 1. The molecule has 3 aromatic rings. The first kappa shape index (κ1) is 17.3. The number of sulfonamides is 1. The van der Waals surface area contributed by atoms with E-state index in [4.69, 9.17) is 9.26 Å². The Kier molecular flexibility index (Phi) is 4.92. The van der Waals surface area contributed by atoms with Crippen molar-refractivity contribution in [2.45, 2.75) is 11.5 Å². The molecule has 3 rings (SSSR count). The zero-order valence-corrected chi connectivity index (χ0v) is 14.6. The molecular weight excluding hydrogens is 370 g/mol. The van der Waals surface area contributed by atoms with E-state index in [1.165, 1.54) is 28.4 Å². The summed E-state index contributed by atoms with van der Waals surface area (Å²) in [4.78, 5) is 15.7. The van der Waals surface area contributed by atoms with Crippen molar-refractivity contribution in [1.29, 1.82) is 0 Å². The molecule has 0 aliphatic heterocycles. The fraction of sp³-hybridized carbons (Fsp3) is 0.231. The SMILES string of the molecule is Cn1cc(S(=O)(=O)NCC(=O)OCc2nc(-c3ccsc3)no2)cn1. The van der Waals surface area contributed by atoms with Crippen LogP contribution in [0.2, 0.25) is 0 Å². The molecular formula is C13H13N5O5S2. The van der Waals surface area contributed by atoms with Gasteiger partial charge in [-0.05, 0) is 11.4 Å². The number of aryl methyl sites for hydroxylation is 1. The fourth-order valence-electron chi connectivity index (χ4n) is 1.79. The first-order valence-electron chi connectivity index (χ1n) is 6.93. The van der Waals surface area contributed by atoms with Gasteiger partial charge in [-0.2, -0.15) is 26.1 Å². The van der Waals surface area contributed by atoms with Gasteiger partial charge in [-0.15, -0.1) is 0 Å². The number of aromatic nitrogens is 4. The Morgan fingerprint density at radius 3 is 3.00 bits per heavy atom. The number of thiophene rings is 1. The number of esters is 1. The lowest BCUT2D eigenvalue weighted by molar-refractivity contribution is -0.144. The molecule has 12 heteroatoms. The zero-order chi connectivity index (χ0) is 17.9. The van der Waals surface area contributed by atoms with Crippen molar-refractivity contribution in [3.8, 4) is 11.4 Å².